The van der Waals surface area contributed by atoms with Crippen molar-refractivity contribution in [3.05, 3.63) is 29.3 Å². The lowest BCUT2D eigenvalue weighted by Crippen LogP contribution is -2.36. The van der Waals surface area contributed by atoms with Crippen LogP contribution in [0.4, 0.5) is 0 Å². The first-order valence-corrected chi connectivity index (χ1v) is 6.70. The summed E-state index contributed by atoms with van der Waals surface area (Å²) in [5.74, 6) is -0.789. The molecule has 1 amide bonds. The highest BCUT2D eigenvalue weighted by atomic mass is 16.5. The number of amides is 1. The second kappa shape index (κ2) is 7.53. The molecule has 0 aliphatic carbocycles. The number of carboxylic acid groups (broad SMARTS) is 1. The van der Waals surface area contributed by atoms with Gasteiger partial charge in [0.15, 0.2) is 6.61 Å². The lowest BCUT2D eigenvalue weighted by atomic mass is 10.1. The molecular formula is C15H21NO4. The molecule has 0 radical (unpaired) electrons. The highest BCUT2D eigenvalue weighted by Gasteiger charge is 2.12. The largest absolute Gasteiger partial charge is 0.483 e. The fraction of sp³-hybridized carbons (Fsp3) is 0.467. The van der Waals surface area contributed by atoms with Crippen LogP contribution in [0.2, 0.25) is 0 Å². The van der Waals surface area contributed by atoms with Gasteiger partial charge < -0.3 is 15.2 Å². The van der Waals surface area contributed by atoms with Crippen LogP contribution >= 0.6 is 0 Å². The van der Waals surface area contributed by atoms with E-state index >= 15 is 0 Å². The molecule has 0 fully saturated rings. The van der Waals surface area contributed by atoms with Crippen LogP contribution in [0.15, 0.2) is 18.2 Å². The standard InChI is InChI=1S/C15H21NO4/c1-4-6-10(2)16-14(17)9-20-13-8-5-7-12(11(13)3)15(18)19/h5,7-8,10H,4,6,9H2,1-3H3,(H,16,17)(H,18,19). The molecule has 1 unspecified atom stereocenters. The van der Waals surface area contributed by atoms with Crippen LogP contribution in [-0.4, -0.2) is 29.6 Å². The minimum Gasteiger partial charge on any atom is -0.483 e. The molecule has 1 aromatic rings. The molecule has 0 bridgehead atoms. The number of carboxylic acids is 1. The van der Waals surface area contributed by atoms with Gasteiger partial charge in [0.1, 0.15) is 5.75 Å². The van der Waals surface area contributed by atoms with Crippen molar-refractivity contribution >= 4 is 11.9 Å². The first-order chi connectivity index (χ1) is 9.45. The Morgan fingerprint density at radius 2 is 2.10 bits per heavy atom. The molecule has 0 aliphatic rings. The number of benzene rings is 1. The Hall–Kier alpha value is -2.04. The van der Waals surface area contributed by atoms with Gasteiger partial charge in [-0.3, -0.25) is 4.79 Å². The Morgan fingerprint density at radius 3 is 2.70 bits per heavy atom. The molecule has 0 aliphatic heterocycles. The quantitative estimate of drug-likeness (QED) is 0.803. The number of hydrogen-bond donors (Lipinski definition) is 2. The summed E-state index contributed by atoms with van der Waals surface area (Å²) in [6, 6.07) is 4.88. The van der Waals surface area contributed by atoms with E-state index in [2.05, 4.69) is 12.2 Å². The molecule has 2 N–H and O–H groups in total. The predicted molar refractivity (Wildman–Crippen MR) is 76.1 cm³/mol. The number of carbonyl (C=O) groups excluding carboxylic acids is 1. The molecule has 110 valence electrons. The molecule has 0 aromatic heterocycles. The minimum absolute atomic E-state index is 0.113. The molecule has 5 nitrogen and oxygen atoms in total. The fourth-order valence-corrected chi connectivity index (χ4v) is 1.97. The minimum atomic E-state index is -1.01. The third-order valence-corrected chi connectivity index (χ3v) is 3.00. The normalized spacial score (nSPS) is 11.8. The van der Waals surface area contributed by atoms with Crippen molar-refractivity contribution in [2.24, 2.45) is 0 Å². The molecule has 0 spiro atoms. The van der Waals surface area contributed by atoms with Crippen LogP contribution < -0.4 is 10.1 Å². The third kappa shape index (κ3) is 4.57. The SMILES string of the molecule is CCCC(C)NC(=O)COc1cccc(C(=O)O)c1C. The topological polar surface area (TPSA) is 75.6 Å². The van der Waals surface area contributed by atoms with Gasteiger partial charge in [-0.2, -0.15) is 0 Å². The summed E-state index contributed by atoms with van der Waals surface area (Å²) in [6.07, 6.45) is 1.92. The maximum atomic E-state index is 11.7. The van der Waals surface area contributed by atoms with Gasteiger partial charge >= 0.3 is 5.97 Å². The van der Waals surface area contributed by atoms with Crippen molar-refractivity contribution in [2.75, 3.05) is 6.61 Å². The summed E-state index contributed by atoms with van der Waals surface area (Å²) in [6.45, 7) is 5.55. The Labute approximate surface area is 118 Å². The van der Waals surface area contributed by atoms with Crippen molar-refractivity contribution in [3.63, 3.8) is 0 Å². The van der Waals surface area contributed by atoms with E-state index in [1.54, 1.807) is 19.1 Å². The van der Waals surface area contributed by atoms with E-state index in [9.17, 15) is 9.59 Å². The van der Waals surface area contributed by atoms with E-state index in [0.29, 0.717) is 11.3 Å². The van der Waals surface area contributed by atoms with Crippen molar-refractivity contribution in [3.8, 4) is 5.75 Å². The van der Waals surface area contributed by atoms with E-state index in [-0.39, 0.29) is 24.1 Å². The van der Waals surface area contributed by atoms with Crippen LogP contribution in [0.25, 0.3) is 0 Å². The molecule has 20 heavy (non-hydrogen) atoms. The van der Waals surface area contributed by atoms with Gasteiger partial charge in [0.25, 0.3) is 5.91 Å². The predicted octanol–water partition coefficient (Wildman–Crippen LogP) is 2.38. The summed E-state index contributed by atoms with van der Waals surface area (Å²) in [5.41, 5.74) is 0.705. The van der Waals surface area contributed by atoms with Crippen LogP contribution in [0.5, 0.6) is 5.75 Å². The average molecular weight is 279 g/mol. The molecule has 0 heterocycles. The van der Waals surface area contributed by atoms with Gasteiger partial charge in [-0.05, 0) is 32.4 Å². The summed E-state index contributed by atoms with van der Waals surface area (Å²) in [7, 11) is 0. The Kier molecular flexibility index (Phi) is 6.03. The second-order valence-corrected chi connectivity index (χ2v) is 4.78. The lowest BCUT2D eigenvalue weighted by molar-refractivity contribution is -0.123. The number of carbonyl (C=O) groups is 2. The lowest BCUT2D eigenvalue weighted by Gasteiger charge is -2.14. The number of rotatable bonds is 7. The van der Waals surface area contributed by atoms with Crippen LogP contribution in [0.1, 0.15) is 42.6 Å². The number of hydrogen-bond acceptors (Lipinski definition) is 3. The molecule has 0 saturated heterocycles. The van der Waals surface area contributed by atoms with E-state index in [1.165, 1.54) is 6.07 Å². The van der Waals surface area contributed by atoms with Crippen LogP contribution in [0.3, 0.4) is 0 Å². The van der Waals surface area contributed by atoms with Gasteiger partial charge in [0, 0.05) is 11.6 Å². The zero-order chi connectivity index (χ0) is 15.1. The highest BCUT2D eigenvalue weighted by Crippen LogP contribution is 2.21. The highest BCUT2D eigenvalue weighted by molar-refractivity contribution is 5.90. The van der Waals surface area contributed by atoms with Gasteiger partial charge in [0.05, 0.1) is 5.56 Å². The van der Waals surface area contributed by atoms with Crippen LogP contribution in [-0.2, 0) is 4.79 Å². The zero-order valence-electron chi connectivity index (χ0n) is 12.1. The maximum Gasteiger partial charge on any atom is 0.336 e. The zero-order valence-corrected chi connectivity index (χ0v) is 12.1. The van der Waals surface area contributed by atoms with E-state index in [0.717, 1.165) is 12.8 Å². The summed E-state index contributed by atoms with van der Waals surface area (Å²) in [4.78, 5) is 22.7. The molecule has 1 rings (SSSR count). The second-order valence-electron chi connectivity index (χ2n) is 4.78. The van der Waals surface area contributed by atoms with E-state index in [4.69, 9.17) is 9.84 Å². The summed E-state index contributed by atoms with van der Waals surface area (Å²) >= 11 is 0. The first kappa shape index (κ1) is 16.0. The van der Waals surface area contributed by atoms with Crippen molar-refractivity contribution in [2.45, 2.75) is 39.7 Å². The Morgan fingerprint density at radius 1 is 1.40 bits per heavy atom. The average Bonchev–Trinajstić information content (AvgIpc) is 2.37. The van der Waals surface area contributed by atoms with E-state index in [1.807, 2.05) is 6.92 Å². The molecule has 0 saturated carbocycles. The fourth-order valence-electron chi connectivity index (χ4n) is 1.97. The molecule has 1 atom stereocenters. The number of nitrogens with one attached hydrogen (secondary N) is 1. The van der Waals surface area contributed by atoms with Gasteiger partial charge in [0.2, 0.25) is 0 Å². The summed E-state index contributed by atoms with van der Waals surface area (Å²) < 4.78 is 5.39. The van der Waals surface area contributed by atoms with Gasteiger partial charge in [-0.1, -0.05) is 19.4 Å². The van der Waals surface area contributed by atoms with Gasteiger partial charge in [-0.25, -0.2) is 4.79 Å². The van der Waals surface area contributed by atoms with Crippen molar-refractivity contribution in [1.29, 1.82) is 0 Å². The number of ether oxygens (including phenoxy) is 1. The van der Waals surface area contributed by atoms with Crippen LogP contribution in [0, 0.1) is 6.92 Å². The summed E-state index contributed by atoms with van der Waals surface area (Å²) in [5, 5.41) is 11.8. The van der Waals surface area contributed by atoms with E-state index < -0.39 is 5.97 Å². The smallest absolute Gasteiger partial charge is 0.336 e. The Bertz CT molecular complexity index is 485. The third-order valence-electron chi connectivity index (χ3n) is 3.00. The first-order valence-electron chi connectivity index (χ1n) is 6.70. The van der Waals surface area contributed by atoms with Crippen molar-refractivity contribution < 1.29 is 19.4 Å². The van der Waals surface area contributed by atoms with Gasteiger partial charge in [-0.15, -0.1) is 0 Å². The number of aromatic carboxylic acids is 1. The maximum absolute atomic E-state index is 11.7. The molecule has 5 heteroatoms. The molecular weight excluding hydrogens is 258 g/mol. The monoisotopic (exact) mass is 279 g/mol. The Balaban J connectivity index is 2.60. The molecule has 1 aromatic carbocycles. The van der Waals surface area contributed by atoms with Crippen molar-refractivity contribution in [1.82, 2.24) is 5.32 Å².